The Kier molecular flexibility index (Phi) is 4.76. The van der Waals surface area contributed by atoms with Crippen LogP contribution in [0.1, 0.15) is 28.8 Å². The molecule has 0 unspecified atom stereocenters. The van der Waals surface area contributed by atoms with Crippen LogP contribution in [0.4, 0.5) is 5.82 Å². The van der Waals surface area contributed by atoms with Gasteiger partial charge in [0.1, 0.15) is 11.6 Å². The maximum absolute atomic E-state index is 12.5. The topological polar surface area (TPSA) is 54.5 Å². The number of hydrogen-bond donors (Lipinski definition) is 1. The number of pyridine rings is 1. The number of anilines is 1. The molecule has 2 heterocycles. The van der Waals surface area contributed by atoms with Gasteiger partial charge < -0.3 is 15.0 Å². The molecule has 23 heavy (non-hydrogen) atoms. The first-order valence-electron chi connectivity index (χ1n) is 7.89. The molecule has 1 N–H and O–H groups in total. The predicted molar refractivity (Wildman–Crippen MR) is 89.8 cm³/mol. The third kappa shape index (κ3) is 3.62. The van der Waals surface area contributed by atoms with E-state index in [1.165, 1.54) is 0 Å². The minimum Gasteiger partial charge on any atom is -0.497 e. The van der Waals surface area contributed by atoms with E-state index >= 15 is 0 Å². The van der Waals surface area contributed by atoms with Crippen LogP contribution in [0.25, 0.3) is 0 Å². The van der Waals surface area contributed by atoms with E-state index in [1.54, 1.807) is 19.4 Å². The summed E-state index contributed by atoms with van der Waals surface area (Å²) in [5.41, 5.74) is 1.64. The summed E-state index contributed by atoms with van der Waals surface area (Å²) in [5, 5.41) is 2.97. The number of methoxy groups -OCH3 is 1. The summed E-state index contributed by atoms with van der Waals surface area (Å²) in [7, 11) is 1.63. The zero-order chi connectivity index (χ0) is 16.1. The van der Waals surface area contributed by atoms with Gasteiger partial charge in [-0.05, 0) is 42.7 Å². The van der Waals surface area contributed by atoms with E-state index < -0.39 is 0 Å². The lowest BCUT2D eigenvalue weighted by atomic mass is 10.2. The van der Waals surface area contributed by atoms with Crippen molar-refractivity contribution in [2.75, 3.05) is 25.1 Å². The van der Waals surface area contributed by atoms with Crippen molar-refractivity contribution in [1.29, 1.82) is 0 Å². The van der Waals surface area contributed by atoms with E-state index in [9.17, 15) is 4.79 Å². The monoisotopic (exact) mass is 311 g/mol. The average molecular weight is 311 g/mol. The molecule has 1 aromatic carbocycles. The summed E-state index contributed by atoms with van der Waals surface area (Å²) in [6, 6.07) is 11.3. The van der Waals surface area contributed by atoms with Crippen LogP contribution in [0, 0.1) is 0 Å². The van der Waals surface area contributed by atoms with Gasteiger partial charge in [-0.1, -0.05) is 12.1 Å². The van der Waals surface area contributed by atoms with Gasteiger partial charge in [-0.25, -0.2) is 4.98 Å². The second-order valence-corrected chi connectivity index (χ2v) is 5.60. The Morgan fingerprint density at radius 1 is 1.26 bits per heavy atom. The Bertz CT molecular complexity index is 681. The van der Waals surface area contributed by atoms with Crippen molar-refractivity contribution in [2.45, 2.75) is 19.4 Å². The number of hydrogen-bond acceptors (Lipinski definition) is 4. The second kappa shape index (κ2) is 7.13. The fourth-order valence-corrected chi connectivity index (χ4v) is 2.82. The van der Waals surface area contributed by atoms with E-state index in [-0.39, 0.29) is 5.91 Å². The predicted octanol–water partition coefficient (Wildman–Crippen LogP) is 2.62. The van der Waals surface area contributed by atoms with E-state index in [0.29, 0.717) is 12.1 Å². The number of rotatable bonds is 5. The maximum Gasteiger partial charge on any atom is 0.255 e. The summed E-state index contributed by atoms with van der Waals surface area (Å²) in [6.45, 7) is 2.39. The van der Waals surface area contributed by atoms with Crippen molar-refractivity contribution < 1.29 is 9.53 Å². The first-order valence-corrected chi connectivity index (χ1v) is 7.89. The molecule has 3 rings (SSSR count). The molecule has 5 nitrogen and oxygen atoms in total. The zero-order valence-electron chi connectivity index (χ0n) is 13.3. The SMILES string of the molecule is COc1cccc(CNC(=O)c2cccnc2N2CCCC2)c1. The Morgan fingerprint density at radius 3 is 2.87 bits per heavy atom. The van der Waals surface area contributed by atoms with Gasteiger partial charge in [0.15, 0.2) is 0 Å². The summed E-state index contributed by atoms with van der Waals surface area (Å²) in [4.78, 5) is 19.1. The molecule has 0 spiro atoms. The normalized spacial score (nSPS) is 13.9. The van der Waals surface area contributed by atoms with E-state index in [2.05, 4.69) is 15.2 Å². The highest BCUT2D eigenvalue weighted by atomic mass is 16.5. The van der Waals surface area contributed by atoms with Gasteiger partial charge in [0.05, 0.1) is 12.7 Å². The molecule has 0 atom stereocenters. The molecule has 2 aromatic rings. The lowest BCUT2D eigenvalue weighted by Crippen LogP contribution is -2.27. The van der Waals surface area contributed by atoms with Gasteiger partial charge in [0.25, 0.3) is 5.91 Å². The standard InChI is InChI=1S/C18H21N3O2/c1-23-15-7-4-6-14(12-15)13-20-18(22)16-8-5-9-19-17(16)21-10-2-3-11-21/h4-9,12H,2-3,10-11,13H2,1H3,(H,20,22). The Morgan fingerprint density at radius 2 is 2.09 bits per heavy atom. The lowest BCUT2D eigenvalue weighted by molar-refractivity contribution is 0.0951. The van der Waals surface area contributed by atoms with Crippen molar-refractivity contribution in [3.05, 3.63) is 53.7 Å². The van der Waals surface area contributed by atoms with Crippen LogP contribution in [0.3, 0.4) is 0 Å². The second-order valence-electron chi connectivity index (χ2n) is 5.60. The molecule has 0 radical (unpaired) electrons. The van der Waals surface area contributed by atoms with E-state index in [1.807, 2.05) is 30.3 Å². The molecule has 1 saturated heterocycles. The van der Waals surface area contributed by atoms with Crippen molar-refractivity contribution in [2.24, 2.45) is 0 Å². The highest BCUT2D eigenvalue weighted by Crippen LogP contribution is 2.22. The highest BCUT2D eigenvalue weighted by Gasteiger charge is 2.20. The van der Waals surface area contributed by atoms with Crippen molar-refractivity contribution in [3.8, 4) is 5.75 Å². The van der Waals surface area contributed by atoms with E-state index in [4.69, 9.17) is 4.74 Å². The third-order valence-electron chi connectivity index (χ3n) is 4.02. The number of benzene rings is 1. The van der Waals surface area contributed by atoms with E-state index in [0.717, 1.165) is 43.1 Å². The lowest BCUT2D eigenvalue weighted by Gasteiger charge is -2.19. The smallest absolute Gasteiger partial charge is 0.255 e. The molecule has 0 saturated carbocycles. The number of carbonyl (C=O) groups excluding carboxylic acids is 1. The van der Waals surface area contributed by atoms with Crippen LogP contribution >= 0.6 is 0 Å². The number of amides is 1. The number of aromatic nitrogens is 1. The average Bonchev–Trinajstić information content (AvgIpc) is 3.14. The van der Waals surface area contributed by atoms with Crippen LogP contribution in [0.2, 0.25) is 0 Å². The molecule has 1 fully saturated rings. The van der Waals surface area contributed by atoms with Crippen molar-refractivity contribution >= 4 is 11.7 Å². The largest absolute Gasteiger partial charge is 0.497 e. The molecule has 1 aliphatic heterocycles. The Balaban J connectivity index is 1.70. The summed E-state index contributed by atoms with van der Waals surface area (Å²) in [6.07, 6.45) is 4.05. The van der Waals surface area contributed by atoms with Gasteiger partial charge in [0, 0.05) is 25.8 Å². The third-order valence-corrected chi connectivity index (χ3v) is 4.02. The fourth-order valence-electron chi connectivity index (χ4n) is 2.82. The van der Waals surface area contributed by atoms with Crippen molar-refractivity contribution in [3.63, 3.8) is 0 Å². The number of ether oxygens (including phenoxy) is 1. The van der Waals surface area contributed by atoms with Crippen LogP contribution in [0.15, 0.2) is 42.6 Å². The molecule has 1 aromatic heterocycles. The fraction of sp³-hybridized carbons (Fsp3) is 0.333. The molecular weight excluding hydrogens is 290 g/mol. The number of nitrogens with one attached hydrogen (secondary N) is 1. The van der Waals surface area contributed by atoms with Crippen LogP contribution in [-0.2, 0) is 6.54 Å². The van der Waals surface area contributed by atoms with Gasteiger partial charge in [-0.15, -0.1) is 0 Å². The number of carbonyl (C=O) groups is 1. The molecule has 5 heteroatoms. The minimum atomic E-state index is -0.0946. The highest BCUT2D eigenvalue weighted by molar-refractivity contribution is 5.98. The van der Waals surface area contributed by atoms with Crippen LogP contribution < -0.4 is 15.0 Å². The molecule has 1 amide bonds. The Labute approximate surface area is 136 Å². The van der Waals surface area contributed by atoms with Gasteiger partial charge in [-0.3, -0.25) is 4.79 Å². The summed E-state index contributed by atoms with van der Waals surface area (Å²) >= 11 is 0. The van der Waals surface area contributed by atoms with Gasteiger partial charge >= 0.3 is 0 Å². The quantitative estimate of drug-likeness (QED) is 0.922. The van der Waals surface area contributed by atoms with Gasteiger partial charge in [-0.2, -0.15) is 0 Å². The van der Waals surface area contributed by atoms with Gasteiger partial charge in [0.2, 0.25) is 0 Å². The summed E-state index contributed by atoms with van der Waals surface area (Å²) in [5.74, 6) is 1.48. The number of nitrogens with zero attached hydrogens (tertiary/aromatic N) is 2. The Hall–Kier alpha value is -2.56. The molecule has 0 aliphatic carbocycles. The zero-order valence-corrected chi connectivity index (χ0v) is 13.3. The molecular formula is C18H21N3O2. The maximum atomic E-state index is 12.5. The van der Waals surface area contributed by atoms with Crippen molar-refractivity contribution in [1.82, 2.24) is 10.3 Å². The summed E-state index contributed by atoms with van der Waals surface area (Å²) < 4.78 is 5.20. The first-order chi connectivity index (χ1) is 11.3. The first kappa shape index (κ1) is 15.3. The molecule has 0 bridgehead atoms. The molecule has 120 valence electrons. The molecule has 1 aliphatic rings. The van der Waals surface area contributed by atoms with Crippen LogP contribution in [-0.4, -0.2) is 31.1 Å². The van der Waals surface area contributed by atoms with Crippen LogP contribution in [0.5, 0.6) is 5.75 Å². The minimum absolute atomic E-state index is 0.0946.